The quantitative estimate of drug-likeness (QED) is 0.819. The summed E-state index contributed by atoms with van der Waals surface area (Å²) in [6, 6.07) is 0. The van der Waals surface area contributed by atoms with E-state index in [9.17, 15) is 0 Å². The number of amidine groups is 1. The first kappa shape index (κ1) is 13.9. The normalized spacial score (nSPS) is 30.5. The summed E-state index contributed by atoms with van der Waals surface area (Å²) in [4.78, 5) is 4.70. The summed E-state index contributed by atoms with van der Waals surface area (Å²) >= 11 is 1.87. The molecule has 0 amide bonds. The third kappa shape index (κ3) is 3.69. The molecule has 0 aromatic carbocycles. The zero-order valence-electron chi connectivity index (χ0n) is 11.6. The molecule has 16 heavy (non-hydrogen) atoms. The van der Waals surface area contributed by atoms with Crippen molar-refractivity contribution in [3.63, 3.8) is 0 Å². The number of aliphatic imine (C=N–C) groups is 1. The highest BCUT2D eigenvalue weighted by Crippen LogP contribution is 2.28. The number of hydrogen-bond donors (Lipinski definition) is 1. The van der Waals surface area contributed by atoms with Gasteiger partial charge in [0.15, 0.2) is 5.17 Å². The Balaban J connectivity index is 2.49. The molecule has 0 bridgehead atoms. The molecule has 0 aromatic heterocycles. The number of nitrogens with one attached hydrogen (secondary N) is 1. The minimum atomic E-state index is 0.258. The molecule has 2 atom stereocenters. The van der Waals surface area contributed by atoms with Gasteiger partial charge in [0, 0.05) is 17.8 Å². The van der Waals surface area contributed by atoms with Crippen molar-refractivity contribution < 1.29 is 0 Å². The maximum absolute atomic E-state index is 4.70. The second-order valence-corrected chi connectivity index (χ2v) is 7.20. The van der Waals surface area contributed by atoms with Crippen LogP contribution in [0.15, 0.2) is 4.99 Å². The Morgan fingerprint density at radius 3 is 2.56 bits per heavy atom. The molecule has 1 heterocycles. The fourth-order valence-corrected chi connectivity index (χ4v) is 2.54. The van der Waals surface area contributed by atoms with Crippen molar-refractivity contribution in [2.24, 2.45) is 16.3 Å². The van der Waals surface area contributed by atoms with Gasteiger partial charge >= 0.3 is 0 Å². The van der Waals surface area contributed by atoms with Crippen molar-refractivity contribution >= 4 is 16.9 Å². The standard InChI is InChI=1S/C13H26N2S/c1-7-13(6)9-16-11(15-13)14-8-10(2)12(3,4)5/h10H,7-9H2,1-6H3,(H,14,15). The van der Waals surface area contributed by atoms with Crippen LogP contribution in [0.4, 0.5) is 0 Å². The van der Waals surface area contributed by atoms with E-state index >= 15 is 0 Å². The minimum Gasteiger partial charge on any atom is -0.359 e. The molecule has 0 aliphatic carbocycles. The number of thioether (sulfide) groups is 1. The van der Waals surface area contributed by atoms with Gasteiger partial charge in [0.1, 0.15) is 0 Å². The van der Waals surface area contributed by atoms with Crippen LogP contribution in [-0.4, -0.2) is 23.0 Å². The van der Waals surface area contributed by atoms with Gasteiger partial charge in [-0.1, -0.05) is 46.4 Å². The maximum Gasteiger partial charge on any atom is 0.157 e. The van der Waals surface area contributed by atoms with Gasteiger partial charge in [-0.15, -0.1) is 0 Å². The monoisotopic (exact) mass is 242 g/mol. The Labute approximate surface area is 105 Å². The second-order valence-electron chi connectivity index (χ2n) is 6.24. The molecule has 0 spiro atoms. The highest BCUT2D eigenvalue weighted by Gasteiger charge is 2.30. The summed E-state index contributed by atoms with van der Waals surface area (Å²) in [7, 11) is 0. The van der Waals surface area contributed by atoms with E-state index < -0.39 is 0 Å². The van der Waals surface area contributed by atoms with E-state index in [1.54, 1.807) is 0 Å². The fraction of sp³-hybridized carbons (Fsp3) is 0.923. The number of rotatable bonds is 3. The van der Waals surface area contributed by atoms with Crippen LogP contribution in [0.2, 0.25) is 0 Å². The first-order chi connectivity index (χ1) is 7.27. The predicted octanol–water partition coefficient (Wildman–Crippen LogP) is 3.53. The molecule has 1 aliphatic rings. The van der Waals surface area contributed by atoms with Gasteiger partial charge in [-0.25, -0.2) is 0 Å². The van der Waals surface area contributed by atoms with E-state index in [2.05, 4.69) is 46.9 Å². The fourth-order valence-electron chi connectivity index (χ4n) is 1.33. The Morgan fingerprint density at radius 1 is 1.50 bits per heavy atom. The Bertz CT molecular complexity index is 268. The van der Waals surface area contributed by atoms with Crippen LogP contribution in [0.3, 0.4) is 0 Å². The van der Waals surface area contributed by atoms with E-state index in [1.165, 1.54) is 0 Å². The van der Waals surface area contributed by atoms with Crippen LogP contribution in [0.5, 0.6) is 0 Å². The average Bonchev–Trinajstić information content (AvgIpc) is 2.56. The molecular weight excluding hydrogens is 216 g/mol. The molecule has 1 fully saturated rings. The second kappa shape index (κ2) is 4.99. The van der Waals surface area contributed by atoms with Crippen LogP contribution in [0.1, 0.15) is 48.0 Å². The lowest BCUT2D eigenvalue weighted by Gasteiger charge is -2.26. The zero-order valence-corrected chi connectivity index (χ0v) is 12.4. The molecule has 0 aromatic rings. The lowest BCUT2D eigenvalue weighted by molar-refractivity contribution is 0.269. The van der Waals surface area contributed by atoms with Gasteiger partial charge in [0.05, 0.1) is 0 Å². The first-order valence-electron chi connectivity index (χ1n) is 6.22. The smallest absolute Gasteiger partial charge is 0.157 e. The summed E-state index contributed by atoms with van der Waals surface area (Å²) in [5.74, 6) is 1.77. The van der Waals surface area contributed by atoms with Gasteiger partial charge in [-0.2, -0.15) is 0 Å². The van der Waals surface area contributed by atoms with Gasteiger partial charge < -0.3 is 5.32 Å². The molecule has 1 saturated heterocycles. The van der Waals surface area contributed by atoms with Crippen molar-refractivity contribution in [2.75, 3.05) is 12.3 Å². The molecule has 0 radical (unpaired) electrons. The van der Waals surface area contributed by atoms with Crippen LogP contribution in [-0.2, 0) is 0 Å². The number of nitrogens with zero attached hydrogens (tertiary/aromatic N) is 1. The van der Waals surface area contributed by atoms with E-state index in [4.69, 9.17) is 4.99 Å². The van der Waals surface area contributed by atoms with Gasteiger partial charge in [0.2, 0.25) is 0 Å². The summed E-state index contributed by atoms with van der Waals surface area (Å²) < 4.78 is 0. The Hall–Kier alpha value is -0.180. The lowest BCUT2D eigenvalue weighted by Crippen LogP contribution is -2.39. The third-order valence-electron chi connectivity index (χ3n) is 3.70. The minimum absolute atomic E-state index is 0.258. The molecule has 94 valence electrons. The molecule has 1 N–H and O–H groups in total. The van der Waals surface area contributed by atoms with Gasteiger partial charge in [0.25, 0.3) is 0 Å². The summed E-state index contributed by atoms with van der Waals surface area (Å²) in [5, 5.41) is 4.68. The van der Waals surface area contributed by atoms with E-state index in [-0.39, 0.29) is 5.54 Å². The van der Waals surface area contributed by atoms with Crippen molar-refractivity contribution in [1.82, 2.24) is 5.32 Å². The molecule has 1 aliphatic heterocycles. The van der Waals surface area contributed by atoms with Crippen LogP contribution in [0, 0.1) is 11.3 Å². The molecule has 0 saturated carbocycles. The van der Waals surface area contributed by atoms with E-state index in [1.807, 2.05) is 11.8 Å². The molecule has 2 nitrogen and oxygen atoms in total. The number of hydrogen-bond acceptors (Lipinski definition) is 2. The van der Waals surface area contributed by atoms with E-state index in [0.29, 0.717) is 11.3 Å². The van der Waals surface area contributed by atoms with Gasteiger partial charge in [-0.3, -0.25) is 4.99 Å². The van der Waals surface area contributed by atoms with Crippen molar-refractivity contribution in [3.8, 4) is 0 Å². The third-order valence-corrected chi connectivity index (χ3v) is 4.99. The van der Waals surface area contributed by atoms with Gasteiger partial charge in [-0.05, 0) is 24.7 Å². The van der Waals surface area contributed by atoms with Crippen molar-refractivity contribution in [2.45, 2.75) is 53.5 Å². The summed E-state index contributed by atoms with van der Waals surface area (Å²) in [5.41, 5.74) is 0.607. The van der Waals surface area contributed by atoms with E-state index in [0.717, 1.165) is 23.9 Å². The predicted molar refractivity (Wildman–Crippen MR) is 75.2 cm³/mol. The van der Waals surface area contributed by atoms with Crippen molar-refractivity contribution in [1.29, 1.82) is 0 Å². The molecular formula is C13H26N2S. The summed E-state index contributed by atoms with van der Waals surface area (Å²) in [6.45, 7) is 14.6. The first-order valence-corrected chi connectivity index (χ1v) is 7.21. The summed E-state index contributed by atoms with van der Waals surface area (Å²) in [6.07, 6.45) is 1.16. The SMILES string of the molecule is CCC1(C)CSC(=NCC(C)C(C)(C)C)N1. The highest BCUT2D eigenvalue weighted by molar-refractivity contribution is 8.14. The largest absolute Gasteiger partial charge is 0.359 e. The molecule has 1 rings (SSSR count). The van der Waals surface area contributed by atoms with Crippen LogP contribution >= 0.6 is 11.8 Å². The Morgan fingerprint density at radius 2 is 2.12 bits per heavy atom. The maximum atomic E-state index is 4.70. The highest BCUT2D eigenvalue weighted by atomic mass is 32.2. The topological polar surface area (TPSA) is 24.4 Å². The zero-order chi connectivity index (χ0) is 12.4. The van der Waals surface area contributed by atoms with Crippen LogP contribution in [0.25, 0.3) is 0 Å². The Kier molecular flexibility index (Phi) is 4.33. The van der Waals surface area contributed by atoms with Crippen molar-refractivity contribution in [3.05, 3.63) is 0 Å². The average molecular weight is 242 g/mol. The molecule has 3 heteroatoms. The van der Waals surface area contributed by atoms with Crippen LogP contribution < -0.4 is 5.32 Å². The lowest BCUT2D eigenvalue weighted by atomic mass is 9.82. The molecule has 2 unspecified atom stereocenters.